The van der Waals surface area contributed by atoms with E-state index in [0.717, 1.165) is 13.2 Å². The van der Waals surface area contributed by atoms with Gasteiger partial charge in [-0.25, -0.2) is 4.79 Å². The van der Waals surface area contributed by atoms with Gasteiger partial charge in [-0.15, -0.1) is 0 Å². The predicted molar refractivity (Wildman–Crippen MR) is 78.7 cm³/mol. The number of nitrogens with one attached hydrogen (secondary N) is 1. The van der Waals surface area contributed by atoms with Gasteiger partial charge in [-0.3, -0.25) is 10.1 Å². The minimum absolute atomic E-state index is 0.0498. The summed E-state index contributed by atoms with van der Waals surface area (Å²) in [6.07, 6.45) is -6.32. The van der Waals surface area contributed by atoms with Crippen LogP contribution in [0.2, 0.25) is 0 Å². The van der Waals surface area contributed by atoms with Crippen molar-refractivity contribution >= 4 is 38.7 Å². The summed E-state index contributed by atoms with van der Waals surface area (Å²) in [7, 11) is 1.10. The van der Waals surface area contributed by atoms with Gasteiger partial charge in [0.05, 0.1) is 12.7 Å². The summed E-state index contributed by atoms with van der Waals surface area (Å²) in [6, 6.07) is 4.77. The van der Waals surface area contributed by atoms with Crippen LogP contribution in [0.5, 0.6) is 5.75 Å². The molecule has 0 fully saturated rings. The highest BCUT2D eigenvalue weighted by molar-refractivity contribution is 9.10. The van der Waals surface area contributed by atoms with Gasteiger partial charge in [-0.2, -0.15) is 13.2 Å². The summed E-state index contributed by atoms with van der Waals surface area (Å²) >= 11 is 3.05. The van der Waals surface area contributed by atoms with E-state index >= 15 is 0 Å². The zero-order valence-electron chi connectivity index (χ0n) is 11.5. The highest BCUT2D eigenvalue weighted by Crippen LogP contribution is 2.42. The van der Waals surface area contributed by atoms with Crippen LogP contribution >= 0.6 is 15.9 Å². The molecule has 5 nitrogen and oxygen atoms in total. The van der Waals surface area contributed by atoms with Crippen LogP contribution in [0.25, 0.3) is 10.8 Å². The molecule has 0 saturated carbocycles. The smallest absolute Gasteiger partial charge is 0.420 e. The van der Waals surface area contributed by atoms with E-state index in [1.54, 1.807) is 5.32 Å². The van der Waals surface area contributed by atoms with Crippen LogP contribution < -0.4 is 10.1 Å². The van der Waals surface area contributed by atoms with Crippen LogP contribution in [-0.4, -0.2) is 24.2 Å². The highest BCUT2D eigenvalue weighted by Gasteiger charge is 2.37. The van der Waals surface area contributed by atoms with E-state index in [4.69, 9.17) is 9.84 Å². The normalized spacial score (nSPS) is 11.3. The minimum atomic E-state index is -4.71. The molecule has 2 aromatic carbocycles. The van der Waals surface area contributed by atoms with Gasteiger partial charge < -0.3 is 9.84 Å². The largest absolute Gasteiger partial charge is 0.496 e. The second-order valence-electron chi connectivity index (χ2n) is 4.42. The number of halogens is 4. The summed E-state index contributed by atoms with van der Waals surface area (Å²) in [4.78, 5) is 22.6. The number of hydrogen-bond acceptors (Lipinski definition) is 3. The van der Waals surface area contributed by atoms with Crippen LogP contribution in [0.15, 0.2) is 28.7 Å². The first-order chi connectivity index (χ1) is 10.7. The number of methoxy groups -OCH3 is 1. The van der Waals surface area contributed by atoms with Crippen molar-refractivity contribution in [2.75, 3.05) is 7.11 Å². The first-order valence-electron chi connectivity index (χ1n) is 6.07. The van der Waals surface area contributed by atoms with Gasteiger partial charge in [0, 0.05) is 4.47 Å². The van der Waals surface area contributed by atoms with Crippen LogP contribution in [0, 0.1) is 0 Å². The maximum atomic E-state index is 13.3. The fourth-order valence-corrected chi connectivity index (χ4v) is 2.74. The zero-order chi connectivity index (χ0) is 17.4. The number of rotatable bonds is 2. The lowest BCUT2D eigenvalue weighted by atomic mass is 9.98. The lowest BCUT2D eigenvalue weighted by Crippen LogP contribution is -2.29. The summed E-state index contributed by atoms with van der Waals surface area (Å²) < 4.78 is 44.9. The van der Waals surface area contributed by atoms with E-state index < -0.39 is 29.5 Å². The van der Waals surface area contributed by atoms with Gasteiger partial charge in [0.15, 0.2) is 0 Å². The number of fused-ring (bicyclic) bond motifs is 1. The van der Waals surface area contributed by atoms with Crippen molar-refractivity contribution in [1.82, 2.24) is 5.32 Å². The fourth-order valence-electron chi connectivity index (χ4n) is 2.21. The van der Waals surface area contributed by atoms with Crippen molar-refractivity contribution in [1.29, 1.82) is 0 Å². The van der Waals surface area contributed by atoms with Crippen molar-refractivity contribution in [2.24, 2.45) is 0 Å². The van der Waals surface area contributed by atoms with E-state index in [0.29, 0.717) is 0 Å². The summed E-state index contributed by atoms with van der Waals surface area (Å²) in [5.41, 5.74) is -1.24. The molecular formula is C14H9BrF3NO4. The molecule has 2 N–H and O–H groups in total. The molecule has 0 heterocycles. The first-order valence-corrected chi connectivity index (χ1v) is 6.86. The Morgan fingerprint density at radius 3 is 2.30 bits per heavy atom. The maximum Gasteiger partial charge on any atom is 0.420 e. The molecular weight excluding hydrogens is 383 g/mol. The Bertz CT molecular complexity index is 805. The molecule has 0 aliphatic heterocycles. The number of carboxylic acid groups (broad SMARTS) is 1. The number of carbonyl (C=O) groups is 2. The van der Waals surface area contributed by atoms with Crippen LogP contribution in [-0.2, 0) is 6.18 Å². The average molecular weight is 392 g/mol. The van der Waals surface area contributed by atoms with E-state index in [1.165, 1.54) is 18.2 Å². The van der Waals surface area contributed by atoms with E-state index in [2.05, 4.69) is 15.9 Å². The Labute approximate surface area is 136 Å². The van der Waals surface area contributed by atoms with Gasteiger partial charge in [0.1, 0.15) is 11.3 Å². The van der Waals surface area contributed by atoms with Gasteiger partial charge in [-0.05, 0) is 44.9 Å². The van der Waals surface area contributed by atoms with E-state index in [9.17, 15) is 22.8 Å². The first kappa shape index (κ1) is 17.1. The molecule has 0 radical (unpaired) electrons. The molecule has 0 aliphatic carbocycles. The fraction of sp³-hybridized carbons (Fsp3) is 0.143. The zero-order valence-corrected chi connectivity index (χ0v) is 13.1. The second kappa shape index (κ2) is 6.07. The molecule has 0 aromatic heterocycles. The Kier molecular flexibility index (Phi) is 4.51. The van der Waals surface area contributed by atoms with Gasteiger partial charge in [0.25, 0.3) is 5.91 Å². The molecule has 2 aromatic rings. The van der Waals surface area contributed by atoms with Crippen molar-refractivity contribution in [3.8, 4) is 5.75 Å². The molecule has 0 atom stereocenters. The summed E-state index contributed by atoms with van der Waals surface area (Å²) in [5, 5.41) is 9.92. The molecule has 2 amide bonds. The third-order valence-corrected chi connectivity index (χ3v) is 3.72. The molecule has 23 heavy (non-hydrogen) atoms. The number of imide groups is 1. The highest BCUT2D eigenvalue weighted by atomic mass is 79.9. The van der Waals surface area contributed by atoms with Gasteiger partial charge >= 0.3 is 12.3 Å². The number of amides is 2. The standard InChI is InChI=1S/C14H9BrF3NO4/c1-23-9-5-3-6-7(11(9)14(16,17)18)2-4-8(15)10(6)12(20)19-13(21)22/h2-5H,1H3,(H,19,20)(H,21,22). The third-order valence-electron chi connectivity index (χ3n) is 3.06. The van der Waals surface area contributed by atoms with Crippen molar-refractivity contribution in [3.63, 3.8) is 0 Å². The van der Waals surface area contributed by atoms with Gasteiger partial charge in [0.2, 0.25) is 0 Å². The Morgan fingerprint density at radius 1 is 1.17 bits per heavy atom. The second-order valence-corrected chi connectivity index (χ2v) is 5.27. The van der Waals surface area contributed by atoms with Gasteiger partial charge in [-0.1, -0.05) is 6.07 Å². The van der Waals surface area contributed by atoms with Crippen molar-refractivity contribution in [2.45, 2.75) is 6.18 Å². The van der Waals surface area contributed by atoms with Crippen LogP contribution in [0.1, 0.15) is 15.9 Å². The lowest BCUT2D eigenvalue weighted by molar-refractivity contribution is -0.137. The van der Waals surface area contributed by atoms with Crippen molar-refractivity contribution in [3.05, 3.63) is 39.9 Å². The van der Waals surface area contributed by atoms with E-state index in [-0.39, 0.29) is 20.8 Å². The molecule has 122 valence electrons. The monoisotopic (exact) mass is 391 g/mol. The minimum Gasteiger partial charge on any atom is -0.496 e. The molecule has 0 aliphatic rings. The number of carbonyl (C=O) groups excluding carboxylic acids is 1. The molecule has 9 heteroatoms. The Morgan fingerprint density at radius 2 is 1.78 bits per heavy atom. The molecule has 0 bridgehead atoms. The maximum absolute atomic E-state index is 13.3. The number of alkyl halides is 3. The van der Waals surface area contributed by atoms with Crippen molar-refractivity contribution < 1.29 is 32.6 Å². The Balaban J connectivity index is 2.84. The molecule has 0 saturated heterocycles. The van der Waals surface area contributed by atoms with Crippen LogP contribution in [0.4, 0.5) is 18.0 Å². The topological polar surface area (TPSA) is 75.6 Å². The predicted octanol–water partition coefficient (Wildman–Crippen LogP) is 4.04. The summed E-state index contributed by atoms with van der Waals surface area (Å²) in [6.45, 7) is 0. The lowest BCUT2D eigenvalue weighted by Gasteiger charge is -2.16. The number of benzene rings is 2. The summed E-state index contributed by atoms with van der Waals surface area (Å²) in [5.74, 6) is -1.43. The van der Waals surface area contributed by atoms with E-state index in [1.807, 2.05) is 0 Å². The Hall–Kier alpha value is -2.29. The molecule has 0 unspecified atom stereocenters. The quantitative estimate of drug-likeness (QED) is 0.809. The number of hydrogen-bond donors (Lipinski definition) is 2. The third kappa shape index (κ3) is 3.24. The number of ether oxygens (including phenoxy) is 1. The SMILES string of the molecule is COc1ccc2c(C(=O)NC(=O)O)c(Br)ccc2c1C(F)(F)F. The molecule has 2 rings (SSSR count). The molecule has 0 spiro atoms. The average Bonchev–Trinajstić information content (AvgIpc) is 2.43. The van der Waals surface area contributed by atoms with Crippen LogP contribution in [0.3, 0.4) is 0 Å².